The van der Waals surface area contributed by atoms with Crippen LogP contribution in [0.25, 0.3) is 0 Å². The number of aliphatic hydroxyl groups is 1. The fourth-order valence-electron chi connectivity index (χ4n) is 1.42. The van der Waals surface area contributed by atoms with Gasteiger partial charge in [0.1, 0.15) is 0 Å². The van der Waals surface area contributed by atoms with Gasteiger partial charge in [-0.1, -0.05) is 28.1 Å². The maximum Gasteiger partial charge on any atom is 0.226 e. The number of halogens is 1. The molecular formula is C13H18BrNO2. The quantitative estimate of drug-likeness (QED) is 0.906. The number of aliphatic hydroxyl groups excluding tert-OH is 1. The van der Waals surface area contributed by atoms with Crippen LogP contribution in [0.5, 0.6) is 0 Å². The Bertz CT molecular complexity index is 362. The maximum absolute atomic E-state index is 11.8. The molecule has 1 amide bonds. The topological polar surface area (TPSA) is 40.5 Å². The number of carbonyl (C=O) groups is 1. The van der Waals surface area contributed by atoms with Gasteiger partial charge in [0.05, 0.1) is 12.5 Å². The van der Waals surface area contributed by atoms with E-state index >= 15 is 0 Å². The lowest BCUT2D eigenvalue weighted by Crippen LogP contribution is -2.30. The molecule has 0 radical (unpaired) electrons. The Morgan fingerprint density at radius 1 is 1.41 bits per heavy atom. The summed E-state index contributed by atoms with van der Waals surface area (Å²) in [6.07, 6.45) is 0.657. The van der Waals surface area contributed by atoms with Crippen molar-refractivity contribution in [2.75, 3.05) is 13.6 Å². The van der Waals surface area contributed by atoms with Crippen molar-refractivity contribution in [2.45, 2.75) is 25.9 Å². The monoisotopic (exact) mass is 299 g/mol. The maximum atomic E-state index is 11.8. The highest BCUT2D eigenvalue weighted by molar-refractivity contribution is 9.10. The lowest BCUT2D eigenvalue weighted by molar-refractivity contribution is -0.129. The van der Waals surface area contributed by atoms with Crippen molar-refractivity contribution in [1.82, 2.24) is 4.90 Å². The first-order chi connectivity index (χ1) is 7.99. The Labute approximate surface area is 111 Å². The van der Waals surface area contributed by atoms with Crippen molar-refractivity contribution in [1.29, 1.82) is 0 Å². The number of benzene rings is 1. The number of amides is 1. The Hall–Kier alpha value is -0.870. The lowest BCUT2D eigenvalue weighted by Gasteiger charge is -2.18. The normalized spacial score (nSPS) is 12.2. The molecular weight excluding hydrogens is 282 g/mol. The molecule has 3 nitrogen and oxygen atoms in total. The molecule has 1 aromatic carbocycles. The van der Waals surface area contributed by atoms with Gasteiger partial charge < -0.3 is 10.0 Å². The van der Waals surface area contributed by atoms with E-state index in [9.17, 15) is 4.79 Å². The minimum absolute atomic E-state index is 0.0768. The summed E-state index contributed by atoms with van der Waals surface area (Å²) in [5, 5.41) is 9.16. The van der Waals surface area contributed by atoms with Crippen LogP contribution in [-0.4, -0.2) is 35.6 Å². The van der Waals surface area contributed by atoms with E-state index in [1.165, 1.54) is 0 Å². The van der Waals surface area contributed by atoms with E-state index in [1.807, 2.05) is 24.3 Å². The highest BCUT2D eigenvalue weighted by Crippen LogP contribution is 2.11. The Kier molecular flexibility index (Phi) is 5.65. The minimum atomic E-state index is -0.363. The van der Waals surface area contributed by atoms with Gasteiger partial charge >= 0.3 is 0 Å². The SMILES string of the molecule is CC(O)CCN(C)C(=O)Cc1ccc(Br)cc1. The molecule has 1 atom stereocenters. The summed E-state index contributed by atoms with van der Waals surface area (Å²) in [6, 6.07) is 7.73. The van der Waals surface area contributed by atoms with Crippen LogP contribution in [0.1, 0.15) is 18.9 Å². The summed E-state index contributed by atoms with van der Waals surface area (Å²) in [5.74, 6) is 0.0768. The minimum Gasteiger partial charge on any atom is -0.393 e. The Balaban J connectivity index is 2.45. The first-order valence-corrected chi connectivity index (χ1v) is 6.45. The van der Waals surface area contributed by atoms with Gasteiger partial charge in [-0.2, -0.15) is 0 Å². The summed E-state index contributed by atoms with van der Waals surface area (Å²) in [7, 11) is 1.77. The molecule has 1 N–H and O–H groups in total. The molecule has 0 fully saturated rings. The molecule has 0 bridgehead atoms. The fraction of sp³-hybridized carbons (Fsp3) is 0.462. The highest BCUT2D eigenvalue weighted by Gasteiger charge is 2.10. The molecule has 0 spiro atoms. The Morgan fingerprint density at radius 3 is 2.53 bits per heavy atom. The molecule has 1 rings (SSSR count). The third-order valence-electron chi connectivity index (χ3n) is 2.58. The van der Waals surface area contributed by atoms with Gasteiger partial charge in [0.15, 0.2) is 0 Å². The van der Waals surface area contributed by atoms with E-state index in [-0.39, 0.29) is 12.0 Å². The van der Waals surface area contributed by atoms with Crippen LogP contribution in [0, 0.1) is 0 Å². The number of hydrogen-bond donors (Lipinski definition) is 1. The van der Waals surface area contributed by atoms with Crippen LogP contribution in [0.15, 0.2) is 28.7 Å². The third kappa shape index (κ3) is 5.33. The predicted octanol–water partition coefficient (Wildman–Crippen LogP) is 2.22. The van der Waals surface area contributed by atoms with Gasteiger partial charge in [0.2, 0.25) is 5.91 Å². The van der Waals surface area contributed by atoms with E-state index in [1.54, 1.807) is 18.9 Å². The average molecular weight is 300 g/mol. The molecule has 17 heavy (non-hydrogen) atoms. The molecule has 0 aromatic heterocycles. The van der Waals surface area contributed by atoms with Crippen LogP contribution in [0.3, 0.4) is 0 Å². The zero-order chi connectivity index (χ0) is 12.8. The molecule has 0 saturated carbocycles. The fourth-order valence-corrected chi connectivity index (χ4v) is 1.68. The summed E-state index contributed by atoms with van der Waals surface area (Å²) >= 11 is 3.36. The second kappa shape index (κ2) is 6.77. The standard InChI is InChI=1S/C13H18BrNO2/c1-10(16)7-8-15(2)13(17)9-11-3-5-12(14)6-4-11/h3-6,10,16H,7-9H2,1-2H3. The van der Waals surface area contributed by atoms with Crippen LogP contribution in [0.4, 0.5) is 0 Å². The summed E-state index contributed by atoms with van der Waals surface area (Å²) in [6.45, 7) is 2.32. The van der Waals surface area contributed by atoms with E-state index in [0.29, 0.717) is 19.4 Å². The molecule has 0 aliphatic rings. The second-order valence-corrected chi connectivity index (χ2v) is 5.17. The van der Waals surface area contributed by atoms with Crippen molar-refractivity contribution in [3.8, 4) is 0 Å². The molecule has 0 heterocycles. The van der Waals surface area contributed by atoms with Gasteiger partial charge in [-0.15, -0.1) is 0 Å². The number of hydrogen-bond acceptors (Lipinski definition) is 2. The van der Waals surface area contributed by atoms with Crippen LogP contribution < -0.4 is 0 Å². The van der Waals surface area contributed by atoms with Crippen LogP contribution >= 0.6 is 15.9 Å². The number of nitrogens with zero attached hydrogens (tertiary/aromatic N) is 1. The molecule has 0 saturated heterocycles. The van der Waals surface area contributed by atoms with Gasteiger partial charge in [-0.25, -0.2) is 0 Å². The van der Waals surface area contributed by atoms with Gasteiger partial charge in [-0.05, 0) is 31.0 Å². The average Bonchev–Trinajstić information content (AvgIpc) is 2.28. The molecule has 1 aromatic rings. The lowest BCUT2D eigenvalue weighted by atomic mass is 10.1. The van der Waals surface area contributed by atoms with E-state index < -0.39 is 0 Å². The van der Waals surface area contributed by atoms with Gasteiger partial charge in [-0.3, -0.25) is 4.79 Å². The number of likely N-dealkylation sites (N-methyl/N-ethyl adjacent to an activating group) is 1. The van der Waals surface area contributed by atoms with Crippen molar-refractivity contribution in [2.24, 2.45) is 0 Å². The number of rotatable bonds is 5. The zero-order valence-corrected chi connectivity index (χ0v) is 11.8. The van der Waals surface area contributed by atoms with E-state index in [0.717, 1.165) is 10.0 Å². The molecule has 0 aliphatic heterocycles. The molecule has 1 unspecified atom stereocenters. The van der Waals surface area contributed by atoms with Crippen LogP contribution in [-0.2, 0) is 11.2 Å². The van der Waals surface area contributed by atoms with Gasteiger partial charge in [0, 0.05) is 18.1 Å². The molecule has 4 heteroatoms. The summed E-state index contributed by atoms with van der Waals surface area (Å²) < 4.78 is 1.01. The number of carbonyl (C=O) groups excluding carboxylic acids is 1. The Morgan fingerprint density at radius 2 is 2.00 bits per heavy atom. The van der Waals surface area contributed by atoms with Crippen molar-refractivity contribution in [3.05, 3.63) is 34.3 Å². The van der Waals surface area contributed by atoms with E-state index in [4.69, 9.17) is 5.11 Å². The van der Waals surface area contributed by atoms with Crippen molar-refractivity contribution < 1.29 is 9.90 Å². The van der Waals surface area contributed by atoms with Crippen molar-refractivity contribution >= 4 is 21.8 Å². The van der Waals surface area contributed by atoms with E-state index in [2.05, 4.69) is 15.9 Å². The predicted molar refractivity (Wildman–Crippen MR) is 71.8 cm³/mol. The zero-order valence-electron chi connectivity index (χ0n) is 10.2. The second-order valence-electron chi connectivity index (χ2n) is 4.26. The smallest absolute Gasteiger partial charge is 0.226 e. The summed E-state index contributed by atoms with van der Waals surface area (Å²) in [5.41, 5.74) is 1.00. The van der Waals surface area contributed by atoms with Crippen molar-refractivity contribution in [3.63, 3.8) is 0 Å². The van der Waals surface area contributed by atoms with Gasteiger partial charge in [0.25, 0.3) is 0 Å². The first-order valence-electron chi connectivity index (χ1n) is 5.65. The largest absolute Gasteiger partial charge is 0.393 e. The molecule has 0 aliphatic carbocycles. The highest BCUT2D eigenvalue weighted by atomic mass is 79.9. The third-order valence-corrected chi connectivity index (χ3v) is 3.11. The summed E-state index contributed by atoms with van der Waals surface area (Å²) in [4.78, 5) is 13.5. The first kappa shape index (κ1) is 14.2. The van der Waals surface area contributed by atoms with Crippen LogP contribution in [0.2, 0.25) is 0 Å². The molecule has 94 valence electrons.